The van der Waals surface area contributed by atoms with Crippen molar-refractivity contribution in [3.05, 3.63) is 23.8 Å². The number of hydrogen-bond donors (Lipinski definition) is 0. The van der Waals surface area contributed by atoms with Gasteiger partial charge in [-0.1, -0.05) is 38.0 Å². The quantitative estimate of drug-likeness (QED) is 0.692. The maximum Gasteiger partial charge on any atom is 0.0700 e. The molecule has 2 aliphatic rings. The van der Waals surface area contributed by atoms with Crippen molar-refractivity contribution >= 4 is 0 Å². The lowest BCUT2D eigenvalue weighted by Crippen LogP contribution is -2.16. The van der Waals surface area contributed by atoms with Crippen molar-refractivity contribution in [1.29, 1.82) is 5.26 Å². The van der Waals surface area contributed by atoms with Crippen molar-refractivity contribution in [3.8, 4) is 6.07 Å². The molecule has 0 aromatic carbocycles. The molecule has 2 aliphatic carbocycles. The first-order valence-corrected chi connectivity index (χ1v) is 7.11. The van der Waals surface area contributed by atoms with E-state index in [1.807, 2.05) is 0 Å². The van der Waals surface area contributed by atoms with Crippen LogP contribution in [0.15, 0.2) is 23.8 Å². The van der Waals surface area contributed by atoms with Crippen LogP contribution in [0.4, 0.5) is 0 Å². The van der Waals surface area contributed by atoms with E-state index >= 15 is 0 Å². The molecule has 1 saturated carbocycles. The van der Waals surface area contributed by atoms with Crippen molar-refractivity contribution in [2.75, 3.05) is 0 Å². The SMILES string of the molecule is CCCC1CCC(C2=CCC(C#N)C=C2)CC1. The Balaban J connectivity index is 1.84. The molecule has 92 valence electrons. The first-order chi connectivity index (χ1) is 8.33. The Kier molecular flexibility index (Phi) is 4.42. The average molecular weight is 229 g/mol. The first kappa shape index (κ1) is 12.4. The van der Waals surface area contributed by atoms with Crippen LogP contribution in [0, 0.1) is 29.1 Å². The summed E-state index contributed by atoms with van der Waals surface area (Å²) in [6.07, 6.45) is 15.8. The molecule has 0 aromatic heterocycles. The zero-order chi connectivity index (χ0) is 12.1. The summed E-state index contributed by atoms with van der Waals surface area (Å²) in [7, 11) is 0. The summed E-state index contributed by atoms with van der Waals surface area (Å²) in [4.78, 5) is 0. The fourth-order valence-corrected chi connectivity index (χ4v) is 3.23. The highest BCUT2D eigenvalue weighted by atomic mass is 14.3. The summed E-state index contributed by atoms with van der Waals surface area (Å²) in [5.74, 6) is 1.88. The van der Waals surface area contributed by atoms with E-state index in [4.69, 9.17) is 5.26 Å². The van der Waals surface area contributed by atoms with Gasteiger partial charge in [0.2, 0.25) is 0 Å². The molecule has 0 aromatic rings. The molecule has 0 bridgehead atoms. The molecular weight excluding hydrogens is 206 g/mol. The van der Waals surface area contributed by atoms with Gasteiger partial charge in [0.1, 0.15) is 0 Å². The van der Waals surface area contributed by atoms with Gasteiger partial charge in [0.15, 0.2) is 0 Å². The molecule has 1 heteroatoms. The van der Waals surface area contributed by atoms with Crippen molar-refractivity contribution in [1.82, 2.24) is 0 Å². The molecule has 1 nitrogen and oxygen atoms in total. The van der Waals surface area contributed by atoms with Crippen molar-refractivity contribution < 1.29 is 0 Å². The van der Waals surface area contributed by atoms with Gasteiger partial charge < -0.3 is 0 Å². The Labute approximate surface area is 105 Å². The minimum Gasteiger partial charge on any atom is -0.198 e. The predicted molar refractivity (Wildman–Crippen MR) is 71.3 cm³/mol. The molecule has 0 N–H and O–H groups in total. The summed E-state index contributed by atoms with van der Waals surface area (Å²) in [5.41, 5.74) is 1.51. The lowest BCUT2D eigenvalue weighted by molar-refractivity contribution is 0.288. The first-order valence-electron chi connectivity index (χ1n) is 7.11. The molecular formula is C16H23N. The standard InChI is InChI=1S/C16H23N/c1-2-3-13-4-8-15(9-5-13)16-10-6-14(12-17)7-11-16/h6,10-11,13-15H,2-5,7-9H2,1H3. The zero-order valence-electron chi connectivity index (χ0n) is 10.9. The predicted octanol–water partition coefficient (Wildman–Crippen LogP) is 4.62. The van der Waals surface area contributed by atoms with E-state index in [0.717, 1.165) is 18.3 Å². The molecule has 0 heterocycles. The molecule has 1 unspecified atom stereocenters. The molecule has 0 aliphatic heterocycles. The molecule has 1 fully saturated rings. The van der Waals surface area contributed by atoms with Crippen LogP contribution in [-0.2, 0) is 0 Å². The van der Waals surface area contributed by atoms with Gasteiger partial charge in [0.05, 0.1) is 12.0 Å². The number of hydrogen-bond acceptors (Lipinski definition) is 1. The van der Waals surface area contributed by atoms with E-state index in [1.165, 1.54) is 44.1 Å². The molecule has 0 radical (unpaired) electrons. The highest BCUT2D eigenvalue weighted by Crippen LogP contribution is 2.37. The van der Waals surface area contributed by atoms with Crippen LogP contribution in [0.2, 0.25) is 0 Å². The van der Waals surface area contributed by atoms with Gasteiger partial charge in [-0.2, -0.15) is 5.26 Å². The summed E-state index contributed by atoms with van der Waals surface area (Å²) in [6.45, 7) is 2.29. The van der Waals surface area contributed by atoms with Gasteiger partial charge in [-0.15, -0.1) is 0 Å². The van der Waals surface area contributed by atoms with Gasteiger partial charge >= 0.3 is 0 Å². The molecule has 1 atom stereocenters. The highest BCUT2D eigenvalue weighted by molar-refractivity contribution is 5.28. The van der Waals surface area contributed by atoms with E-state index < -0.39 is 0 Å². The van der Waals surface area contributed by atoms with Crippen LogP contribution in [0.1, 0.15) is 51.9 Å². The molecule has 17 heavy (non-hydrogen) atoms. The fraction of sp³-hybridized carbons (Fsp3) is 0.688. The van der Waals surface area contributed by atoms with Crippen LogP contribution in [0.5, 0.6) is 0 Å². The Bertz CT molecular complexity index is 337. The second kappa shape index (κ2) is 6.05. The van der Waals surface area contributed by atoms with Crippen molar-refractivity contribution in [2.45, 2.75) is 51.9 Å². The van der Waals surface area contributed by atoms with E-state index in [9.17, 15) is 0 Å². The monoisotopic (exact) mass is 229 g/mol. The largest absolute Gasteiger partial charge is 0.198 e. The summed E-state index contributed by atoms with van der Waals surface area (Å²) in [5, 5.41) is 8.85. The second-order valence-corrected chi connectivity index (χ2v) is 5.54. The Morgan fingerprint density at radius 1 is 1.29 bits per heavy atom. The third-order valence-electron chi connectivity index (χ3n) is 4.31. The number of nitriles is 1. The van der Waals surface area contributed by atoms with Gasteiger partial charge in [0.25, 0.3) is 0 Å². The topological polar surface area (TPSA) is 23.8 Å². The molecule has 2 rings (SSSR count). The minimum absolute atomic E-state index is 0.121. The highest BCUT2D eigenvalue weighted by Gasteiger charge is 2.23. The van der Waals surface area contributed by atoms with Crippen molar-refractivity contribution in [2.24, 2.45) is 17.8 Å². The number of rotatable bonds is 3. The van der Waals surface area contributed by atoms with Crippen molar-refractivity contribution in [3.63, 3.8) is 0 Å². The third-order valence-corrected chi connectivity index (χ3v) is 4.31. The average Bonchev–Trinajstić information content (AvgIpc) is 2.40. The Morgan fingerprint density at radius 3 is 2.59 bits per heavy atom. The molecule has 0 amide bonds. The van der Waals surface area contributed by atoms with Gasteiger partial charge in [-0.25, -0.2) is 0 Å². The van der Waals surface area contributed by atoms with Crippen LogP contribution >= 0.6 is 0 Å². The van der Waals surface area contributed by atoms with E-state index in [2.05, 4.69) is 31.2 Å². The summed E-state index contributed by atoms with van der Waals surface area (Å²) in [6, 6.07) is 2.32. The lowest BCUT2D eigenvalue weighted by atomic mass is 9.75. The zero-order valence-corrected chi connectivity index (χ0v) is 10.9. The Hall–Kier alpha value is -1.03. The van der Waals surface area contributed by atoms with Crippen LogP contribution < -0.4 is 0 Å². The number of nitrogens with zero attached hydrogens (tertiary/aromatic N) is 1. The smallest absolute Gasteiger partial charge is 0.0700 e. The van der Waals surface area contributed by atoms with Gasteiger partial charge in [-0.05, 0) is 49.5 Å². The maximum absolute atomic E-state index is 8.85. The minimum atomic E-state index is 0.121. The van der Waals surface area contributed by atoms with E-state index in [1.54, 1.807) is 0 Å². The fourth-order valence-electron chi connectivity index (χ4n) is 3.23. The lowest BCUT2D eigenvalue weighted by Gasteiger charge is -2.30. The van der Waals surface area contributed by atoms with Gasteiger partial charge in [-0.3, -0.25) is 0 Å². The Morgan fingerprint density at radius 2 is 2.06 bits per heavy atom. The molecule has 0 saturated heterocycles. The van der Waals surface area contributed by atoms with Gasteiger partial charge in [0, 0.05) is 0 Å². The van der Waals surface area contributed by atoms with Crippen LogP contribution in [-0.4, -0.2) is 0 Å². The molecule has 0 spiro atoms. The van der Waals surface area contributed by atoms with Crippen LogP contribution in [0.25, 0.3) is 0 Å². The maximum atomic E-state index is 8.85. The second-order valence-electron chi connectivity index (χ2n) is 5.54. The van der Waals surface area contributed by atoms with E-state index in [0.29, 0.717) is 0 Å². The third kappa shape index (κ3) is 3.22. The summed E-state index contributed by atoms with van der Waals surface area (Å²) >= 11 is 0. The number of allylic oxidation sites excluding steroid dienone is 4. The van der Waals surface area contributed by atoms with E-state index in [-0.39, 0.29) is 5.92 Å². The normalized spacial score (nSPS) is 32.9. The summed E-state index contributed by atoms with van der Waals surface area (Å²) < 4.78 is 0. The van der Waals surface area contributed by atoms with Crippen LogP contribution in [0.3, 0.4) is 0 Å².